The third-order valence-electron chi connectivity index (χ3n) is 6.43. The number of hydrogen-bond donors (Lipinski definition) is 0. The van der Waals surface area contributed by atoms with Crippen LogP contribution in [0, 0.1) is 5.92 Å². The summed E-state index contributed by atoms with van der Waals surface area (Å²) in [6, 6.07) is 3.63. The first-order valence-corrected chi connectivity index (χ1v) is 11.9. The van der Waals surface area contributed by atoms with Crippen LogP contribution in [-0.4, -0.2) is 78.7 Å². The number of piperidine rings is 2. The van der Waals surface area contributed by atoms with Crippen molar-refractivity contribution in [3.05, 3.63) is 24.5 Å². The minimum absolute atomic E-state index is 0.115. The number of carbonyl (C=O) groups excluding carboxylic acids is 1. The Balaban J connectivity index is 1.34. The molecule has 7 nitrogen and oxygen atoms in total. The lowest BCUT2D eigenvalue weighted by atomic mass is 9.93. The van der Waals surface area contributed by atoms with Gasteiger partial charge in [-0.2, -0.15) is 4.31 Å². The van der Waals surface area contributed by atoms with Gasteiger partial charge < -0.3 is 4.90 Å². The first-order valence-electron chi connectivity index (χ1n) is 10.5. The van der Waals surface area contributed by atoms with Crippen molar-refractivity contribution >= 4 is 15.9 Å². The first kappa shape index (κ1) is 19.8. The third-order valence-corrected chi connectivity index (χ3v) is 8.31. The van der Waals surface area contributed by atoms with Gasteiger partial charge in [-0.05, 0) is 57.2 Å². The molecule has 0 bridgehead atoms. The molecule has 1 atom stereocenters. The van der Waals surface area contributed by atoms with E-state index in [1.165, 1.54) is 6.20 Å². The molecule has 1 aromatic heterocycles. The molecule has 3 aliphatic rings. The molecule has 1 aromatic rings. The minimum atomic E-state index is -3.46. The molecule has 3 aliphatic heterocycles. The van der Waals surface area contributed by atoms with E-state index >= 15 is 0 Å². The Kier molecular flexibility index (Phi) is 5.99. The van der Waals surface area contributed by atoms with Crippen LogP contribution in [0.25, 0.3) is 0 Å². The van der Waals surface area contributed by atoms with Gasteiger partial charge in [0.15, 0.2) is 0 Å². The second-order valence-corrected chi connectivity index (χ2v) is 10.1. The van der Waals surface area contributed by atoms with E-state index in [0.29, 0.717) is 25.0 Å². The number of rotatable bonds is 4. The van der Waals surface area contributed by atoms with E-state index in [1.54, 1.807) is 22.6 Å². The van der Waals surface area contributed by atoms with Gasteiger partial charge in [0.1, 0.15) is 4.90 Å². The second-order valence-electron chi connectivity index (χ2n) is 8.19. The maximum absolute atomic E-state index is 12.8. The average Bonchev–Trinajstić information content (AvgIpc) is 3.29. The van der Waals surface area contributed by atoms with Gasteiger partial charge in [-0.1, -0.05) is 0 Å². The topological polar surface area (TPSA) is 73.8 Å². The highest BCUT2D eigenvalue weighted by Crippen LogP contribution is 2.28. The van der Waals surface area contributed by atoms with Gasteiger partial charge in [0.2, 0.25) is 15.9 Å². The van der Waals surface area contributed by atoms with Crippen molar-refractivity contribution in [2.24, 2.45) is 5.92 Å². The largest absolute Gasteiger partial charge is 0.342 e. The van der Waals surface area contributed by atoms with Crippen molar-refractivity contribution < 1.29 is 13.2 Å². The maximum Gasteiger partial charge on any atom is 0.244 e. The van der Waals surface area contributed by atoms with Crippen molar-refractivity contribution in [2.75, 3.05) is 39.3 Å². The molecule has 4 heterocycles. The van der Waals surface area contributed by atoms with Crippen molar-refractivity contribution in [2.45, 2.75) is 49.5 Å². The van der Waals surface area contributed by atoms with Crippen molar-refractivity contribution in [3.8, 4) is 0 Å². The molecule has 0 aliphatic carbocycles. The lowest BCUT2D eigenvalue weighted by molar-refractivity contribution is -0.136. The highest BCUT2D eigenvalue weighted by atomic mass is 32.2. The molecular formula is C20H30N4O3S. The molecular weight excluding hydrogens is 376 g/mol. The summed E-state index contributed by atoms with van der Waals surface area (Å²) in [4.78, 5) is 21.5. The van der Waals surface area contributed by atoms with Crippen LogP contribution in [0.15, 0.2) is 29.4 Å². The number of sulfonamides is 1. The molecule has 154 valence electrons. The van der Waals surface area contributed by atoms with Crippen molar-refractivity contribution in [1.29, 1.82) is 0 Å². The third kappa shape index (κ3) is 4.09. The Bertz CT molecular complexity index is 772. The zero-order valence-corrected chi connectivity index (χ0v) is 17.2. The SMILES string of the molecule is O=C([C@H]1CCCN(C2CCN(S(=O)(=O)c3cccnc3)CC2)C1)N1CCCC1. The number of nitrogens with zero attached hydrogens (tertiary/aromatic N) is 4. The van der Waals surface area contributed by atoms with Gasteiger partial charge in [-0.15, -0.1) is 0 Å². The number of carbonyl (C=O) groups is 1. The molecule has 0 N–H and O–H groups in total. The number of aromatic nitrogens is 1. The van der Waals surface area contributed by atoms with Gasteiger partial charge in [0.25, 0.3) is 0 Å². The minimum Gasteiger partial charge on any atom is -0.342 e. The molecule has 1 amide bonds. The molecule has 28 heavy (non-hydrogen) atoms. The number of hydrogen-bond acceptors (Lipinski definition) is 5. The average molecular weight is 407 g/mol. The number of amides is 1. The van der Waals surface area contributed by atoms with E-state index in [9.17, 15) is 13.2 Å². The fourth-order valence-corrected chi connectivity index (χ4v) is 6.27. The van der Waals surface area contributed by atoms with Crippen LogP contribution in [-0.2, 0) is 14.8 Å². The van der Waals surface area contributed by atoms with E-state index in [4.69, 9.17) is 0 Å². The van der Waals surface area contributed by atoms with E-state index in [0.717, 1.165) is 64.7 Å². The lowest BCUT2D eigenvalue weighted by Gasteiger charge is -2.42. The standard InChI is InChI=1S/C20H30N4O3S/c25-20(22-10-1-2-11-22)17-5-4-12-23(16-17)18-7-13-24(14-8-18)28(26,27)19-6-3-9-21-15-19/h3,6,9,15,17-18H,1-2,4-5,7-8,10-14,16H2/t17-/m0/s1. The van der Waals surface area contributed by atoms with Gasteiger partial charge >= 0.3 is 0 Å². The summed E-state index contributed by atoms with van der Waals surface area (Å²) in [5.41, 5.74) is 0. The summed E-state index contributed by atoms with van der Waals surface area (Å²) in [6.45, 7) is 4.74. The highest BCUT2D eigenvalue weighted by molar-refractivity contribution is 7.89. The predicted molar refractivity (Wildman–Crippen MR) is 106 cm³/mol. The summed E-state index contributed by atoms with van der Waals surface area (Å²) in [5, 5.41) is 0. The maximum atomic E-state index is 12.8. The summed E-state index contributed by atoms with van der Waals surface area (Å²) in [7, 11) is -3.46. The van der Waals surface area contributed by atoms with Crippen LogP contribution in [0.1, 0.15) is 38.5 Å². The Labute approximate surface area is 167 Å². The molecule has 0 radical (unpaired) electrons. The molecule has 0 saturated carbocycles. The zero-order valence-electron chi connectivity index (χ0n) is 16.4. The number of pyridine rings is 1. The molecule has 4 rings (SSSR count). The first-order chi connectivity index (χ1) is 13.6. The van der Waals surface area contributed by atoms with Crippen LogP contribution in [0.3, 0.4) is 0 Å². The fraction of sp³-hybridized carbons (Fsp3) is 0.700. The van der Waals surface area contributed by atoms with Gasteiger partial charge in [-0.25, -0.2) is 8.42 Å². The quantitative estimate of drug-likeness (QED) is 0.759. The van der Waals surface area contributed by atoms with E-state index in [-0.39, 0.29) is 10.8 Å². The van der Waals surface area contributed by atoms with Gasteiger partial charge in [0, 0.05) is 51.2 Å². The van der Waals surface area contributed by atoms with Crippen LogP contribution >= 0.6 is 0 Å². The number of likely N-dealkylation sites (tertiary alicyclic amines) is 2. The van der Waals surface area contributed by atoms with Crippen molar-refractivity contribution in [1.82, 2.24) is 19.1 Å². The highest BCUT2D eigenvalue weighted by Gasteiger charge is 2.36. The monoisotopic (exact) mass is 406 g/mol. The summed E-state index contributed by atoms with van der Waals surface area (Å²) in [6.07, 6.45) is 8.95. The Hall–Kier alpha value is -1.51. The van der Waals surface area contributed by atoms with E-state index in [2.05, 4.69) is 9.88 Å². The van der Waals surface area contributed by atoms with E-state index < -0.39 is 10.0 Å². The molecule has 0 unspecified atom stereocenters. The van der Waals surface area contributed by atoms with Crippen molar-refractivity contribution in [3.63, 3.8) is 0 Å². The summed E-state index contributed by atoms with van der Waals surface area (Å²) in [5.74, 6) is 0.447. The van der Waals surface area contributed by atoms with Crippen LogP contribution < -0.4 is 0 Å². The van der Waals surface area contributed by atoms with Crippen LogP contribution in [0.5, 0.6) is 0 Å². The predicted octanol–water partition coefficient (Wildman–Crippen LogP) is 1.57. The van der Waals surface area contributed by atoms with E-state index in [1.807, 2.05) is 4.90 Å². The van der Waals surface area contributed by atoms with Gasteiger partial charge in [-0.3, -0.25) is 14.7 Å². The molecule has 3 fully saturated rings. The fourth-order valence-electron chi connectivity index (χ4n) is 4.83. The Morgan fingerprint density at radius 3 is 2.43 bits per heavy atom. The van der Waals surface area contributed by atoms with Gasteiger partial charge in [0.05, 0.1) is 5.92 Å². The Morgan fingerprint density at radius 1 is 1.00 bits per heavy atom. The smallest absolute Gasteiger partial charge is 0.244 e. The zero-order chi connectivity index (χ0) is 19.6. The normalized spacial score (nSPS) is 25.9. The molecule has 3 saturated heterocycles. The summed E-state index contributed by atoms with van der Waals surface area (Å²) >= 11 is 0. The lowest BCUT2D eigenvalue weighted by Crippen LogP contribution is -2.51. The molecule has 0 aromatic carbocycles. The van der Waals surface area contributed by atoms with Crippen LogP contribution in [0.2, 0.25) is 0 Å². The summed E-state index contributed by atoms with van der Waals surface area (Å²) < 4.78 is 27.1. The second kappa shape index (κ2) is 8.47. The Morgan fingerprint density at radius 2 is 1.75 bits per heavy atom. The molecule has 8 heteroatoms. The van der Waals surface area contributed by atoms with Crippen LogP contribution in [0.4, 0.5) is 0 Å². The molecule has 0 spiro atoms.